The number of nitrogens with zero attached hydrogens (tertiary/aromatic N) is 1. The summed E-state index contributed by atoms with van der Waals surface area (Å²) in [7, 11) is 1.38. The van der Waals surface area contributed by atoms with Gasteiger partial charge < -0.3 is 14.4 Å². The Hall–Kier alpha value is -2.82. The minimum absolute atomic E-state index is 0.0232. The Morgan fingerprint density at radius 3 is 2.22 bits per heavy atom. The summed E-state index contributed by atoms with van der Waals surface area (Å²) < 4.78 is 10.3. The Morgan fingerprint density at radius 2 is 1.63 bits per heavy atom. The van der Waals surface area contributed by atoms with Crippen LogP contribution in [0.4, 0.5) is 0 Å². The second-order valence-electron chi connectivity index (χ2n) is 6.87. The first-order valence-corrected chi connectivity index (χ1v) is 9.22. The molecule has 0 aromatic heterocycles. The summed E-state index contributed by atoms with van der Waals surface area (Å²) in [5.74, 6) is 0.818. The fourth-order valence-electron chi connectivity index (χ4n) is 3.34. The van der Waals surface area contributed by atoms with Crippen molar-refractivity contribution in [1.82, 2.24) is 4.90 Å². The third kappa shape index (κ3) is 4.88. The standard InChI is InChI=1S/C22H25NO4/c1-16-3-9-20(10-4-16)27-15-21(24)23-13-11-18(12-14-23)17-5-7-19(8-6-17)22(25)26-2/h3-10,18H,11-15H2,1-2H3. The molecule has 0 unspecified atom stereocenters. The number of piperidine rings is 1. The van der Waals surface area contributed by atoms with Crippen molar-refractivity contribution in [2.24, 2.45) is 0 Å². The van der Waals surface area contributed by atoms with Gasteiger partial charge in [-0.3, -0.25) is 4.79 Å². The van der Waals surface area contributed by atoms with E-state index in [0.29, 0.717) is 11.5 Å². The first kappa shape index (κ1) is 19.0. The molecule has 1 aliphatic heterocycles. The zero-order valence-electron chi connectivity index (χ0n) is 15.8. The molecule has 0 N–H and O–H groups in total. The maximum Gasteiger partial charge on any atom is 0.337 e. The molecule has 1 saturated heterocycles. The highest BCUT2D eigenvalue weighted by molar-refractivity contribution is 5.89. The van der Waals surface area contributed by atoms with Gasteiger partial charge in [-0.15, -0.1) is 0 Å². The Bertz CT molecular complexity index is 775. The molecule has 1 heterocycles. The van der Waals surface area contributed by atoms with Crippen LogP contribution in [-0.4, -0.2) is 43.6 Å². The lowest BCUT2D eigenvalue weighted by atomic mass is 9.89. The number of benzene rings is 2. The Kier molecular flexibility index (Phi) is 6.12. The molecular formula is C22H25NO4. The number of amides is 1. The molecule has 142 valence electrons. The smallest absolute Gasteiger partial charge is 0.337 e. The lowest BCUT2D eigenvalue weighted by molar-refractivity contribution is -0.134. The summed E-state index contributed by atoms with van der Waals surface area (Å²) in [6, 6.07) is 15.3. The summed E-state index contributed by atoms with van der Waals surface area (Å²) in [6.07, 6.45) is 1.82. The van der Waals surface area contributed by atoms with Crippen molar-refractivity contribution in [2.45, 2.75) is 25.7 Å². The largest absolute Gasteiger partial charge is 0.484 e. The first-order chi connectivity index (χ1) is 13.1. The van der Waals surface area contributed by atoms with E-state index in [4.69, 9.17) is 9.47 Å². The first-order valence-electron chi connectivity index (χ1n) is 9.22. The SMILES string of the molecule is COC(=O)c1ccc(C2CCN(C(=O)COc3ccc(C)cc3)CC2)cc1. The van der Waals surface area contributed by atoms with Gasteiger partial charge in [-0.2, -0.15) is 0 Å². The van der Waals surface area contributed by atoms with E-state index in [1.54, 1.807) is 12.1 Å². The van der Waals surface area contributed by atoms with Crippen LogP contribution in [0.15, 0.2) is 48.5 Å². The molecule has 3 rings (SSSR count). The maximum atomic E-state index is 12.4. The summed E-state index contributed by atoms with van der Waals surface area (Å²) in [6.45, 7) is 3.53. The Morgan fingerprint density at radius 1 is 1.00 bits per heavy atom. The molecule has 0 radical (unpaired) electrons. The average Bonchev–Trinajstić information content (AvgIpc) is 2.73. The topological polar surface area (TPSA) is 55.8 Å². The minimum Gasteiger partial charge on any atom is -0.484 e. The highest BCUT2D eigenvalue weighted by Gasteiger charge is 2.24. The molecule has 0 aliphatic carbocycles. The summed E-state index contributed by atoms with van der Waals surface area (Å²) in [5.41, 5.74) is 2.92. The zero-order valence-corrected chi connectivity index (χ0v) is 15.8. The molecule has 1 aliphatic rings. The number of methoxy groups -OCH3 is 1. The van der Waals surface area contributed by atoms with Gasteiger partial charge in [0.15, 0.2) is 6.61 Å². The second-order valence-corrected chi connectivity index (χ2v) is 6.87. The number of aryl methyl sites for hydroxylation is 1. The molecule has 0 atom stereocenters. The predicted octanol–water partition coefficient (Wildman–Crippen LogP) is 3.57. The van der Waals surface area contributed by atoms with Crippen molar-refractivity contribution in [1.29, 1.82) is 0 Å². The van der Waals surface area contributed by atoms with Gasteiger partial charge in [-0.1, -0.05) is 29.8 Å². The van der Waals surface area contributed by atoms with Crippen molar-refractivity contribution in [3.8, 4) is 5.75 Å². The molecule has 0 bridgehead atoms. The number of carbonyl (C=O) groups excluding carboxylic acids is 2. The summed E-state index contributed by atoms with van der Waals surface area (Å²) in [5, 5.41) is 0. The molecule has 2 aromatic rings. The van der Waals surface area contributed by atoms with E-state index in [9.17, 15) is 9.59 Å². The molecule has 1 amide bonds. The number of hydrogen-bond acceptors (Lipinski definition) is 4. The lowest BCUT2D eigenvalue weighted by Crippen LogP contribution is -2.40. The third-order valence-corrected chi connectivity index (χ3v) is 5.03. The molecule has 0 spiro atoms. The van der Waals surface area contributed by atoms with Gasteiger partial charge in [-0.05, 0) is 55.5 Å². The van der Waals surface area contributed by atoms with E-state index in [2.05, 4.69) is 0 Å². The van der Waals surface area contributed by atoms with Crippen molar-refractivity contribution in [2.75, 3.05) is 26.8 Å². The fraction of sp³-hybridized carbons (Fsp3) is 0.364. The van der Waals surface area contributed by atoms with Crippen LogP contribution in [0, 0.1) is 6.92 Å². The van der Waals surface area contributed by atoms with E-state index >= 15 is 0 Å². The van der Waals surface area contributed by atoms with Gasteiger partial charge in [0.2, 0.25) is 0 Å². The number of ether oxygens (including phenoxy) is 2. The van der Waals surface area contributed by atoms with Crippen LogP contribution in [0.2, 0.25) is 0 Å². The monoisotopic (exact) mass is 367 g/mol. The maximum absolute atomic E-state index is 12.4. The van der Waals surface area contributed by atoms with Crippen LogP contribution in [0.3, 0.4) is 0 Å². The number of likely N-dealkylation sites (tertiary alicyclic amines) is 1. The van der Waals surface area contributed by atoms with E-state index in [1.165, 1.54) is 12.7 Å². The van der Waals surface area contributed by atoms with Crippen LogP contribution in [0.1, 0.15) is 40.2 Å². The third-order valence-electron chi connectivity index (χ3n) is 5.03. The number of hydrogen-bond donors (Lipinski definition) is 0. The highest BCUT2D eigenvalue weighted by Crippen LogP contribution is 2.28. The van der Waals surface area contributed by atoms with Crippen molar-refractivity contribution in [3.63, 3.8) is 0 Å². The van der Waals surface area contributed by atoms with Crippen LogP contribution in [0.25, 0.3) is 0 Å². The highest BCUT2D eigenvalue weighted by atomic mass is 16.5. The number of rotatable bonds is 5. The predicted molar refractivity (Wildman–Crippen MR) is 103 cm³/mol. The number of esters is 1. The van der Waals surface area contributed by atoms with Gasteiger partial charge in [0.25, 0.3) is 5.91 Å². The number of carbonyl (C=O) groups is 2. The van der Waals surface area contributed by atoms with Gasteiger partial charge in [0.1, 0.15) is 5.75 Å². The van der Waals surface area contributed by atoms with Crippen LogP contribution in [0.5, 0.6) is 5.75 Å². The van der Waals surface area contributed by atoms with Crippen LogP contribution >= 0.6 is 0 Å². The van der Waals surface area contributed by atoms with Crippen molar-refractivity contribution >= 4 is 11.9 Å². The van der Waals surface area contributed by atoms with E-state index in [0.717, 1.165) is 37.2 Å². The molecular weight excluding hydrogens is 342 g/mol. The molecule has 2 aromatic carbocycles. The molecule has 5 heteroatoms. The van der Waals surface area contributed by atoms with Crippen LogP contribution in [-0.2, 0) is 9.53 Å². The molecule has 0 saturated carbocycles. The van der Waals surface area contributed by atoms with Crippen molar-refractivity contribution < 1.29 is 19.1 Å². The normalized spacial score (nSPS) is 14.7. The Balaban J connectivity index is 1.48. The molecule has 1 fully saturated rings. The Labute approximate surface area is 159 Å². The minimum atomic E-state index is -0.324. The summed E-state index contributed by atoms with van der Waals surface area (Å²) >= 11 is 0. The van der Waals surface area contributed by atoms with Crippen molar-refractivity contribution in [3.05, 3.63) is 65.2 Å². The molecule has 27 heavy (non-hydrogen) atoms. The summed E-state index contributed by atoms with van der Waals surface area (Å²) in [4.78, 5) is 25.8. The lowest BCUT2D eigenvalue weighted by Gasteiger charge is -2.32. The van der Waals surface area contributed by atoms with Gasteiger partial charge in [-0.25, -0.2) is 4.79 Å². The average molecular weight is 367 g/mol. The van der Waals surface area contributed by atoms with E-state index < -0.39 is 0 Å². The molecule has 5 nitrogen and oxygen atoms in total. The quantitative estimate of drug-likeness (QED) is 0.758. The fourth-order valence-corrected chi connectivity index (χ4v) is 3.34. The van der Waals surface area contributed by atoms with E-state index in [1.807, 2.05) is 48.2 Å². The zero-order chi connectivity index (χ0) is 19.2. The second kappa shape index (κ2) is 8.71. The van der Waals surface area contributed by atoms with Gasteiger partial charge in [0.05, 0.1) is 12.7 Å². The van der Waals surface area contributed by atoms with Crippen LogP contribution < -0.4 is 4.74 Å². The van der Waals surface area contributed by atoms with Gasteiger partial charge >= 0.3 is 5.97 Å². The van der Waals surface area contributed by atoms with E-state index in [-0.39, 0.29) is 18.5 Å². The van der Waals surface area contributed by atoms with Gasteiger partial charge in [0, 0.05) is 13.1 Å².